The van der Waals surface area contributed by atoms with E-state index in [4.69, 9.17) is 10.5 Å². The van der Waals surface area contributed by atoms with Crippen LogP contribution in [0.5, 0.6) is 5.75 Å². The van der Waals surface area contributed by atoms with E-state index in [1.54, 1.807) is 0 Å². The molecule has 2 unspecified atom stereocenters. The summed E-state index contributed by atoms with van der Waals surface area (Å²) >= 11 is 0. The van der Waals surface area contributed by atoms with Crippen molar-refractivity contribution in [2.24, 2.45) is 5.73 Å². The van der Waals surface area contributed by atoms with Crippen molar-refractivity contribution >= 4 is 5.91 Å². The van der Waals surface area contributed by atoms with E-state index in [-0.39, 0.29) is 23.6 Å². The molecular formula is C18H28N2O2. The van der Waals surface area contributed by atoms with E-state index < -0.39 is 0 Å². The molecule has 1 aromatic carbocycles. The van der Waals surface area contributed by atoms with E-state index >= 15 is 0 Å². The summed E-state index contributed by atoms with van der Waals surface area (Å²) in [7, 11) is 0. The highest BCUT2D eigenvalue weighted by Crippen LogP contribution is 2.40. The standard InChI is InChI=1S/C18H28N2O2/c1-5-7-14(19)12-8-9-16-13(10-12)15(20-17(21)6-2)11-18(3,4)22-16/h8-10,14-15H,5-7,11,19H2,1-4H3,(H,20,21). The highest BCUT2D eigenvalue weighted by Gasteiger charge is 2.34. The molecule has 0 aliphatic carbocycles. The lowest BCUT2D eigenvalue weighted by atomic mass is 9.87. The minimum atomic E-state index is -0.286. The number of hydrogen-bond donors (Lipinski definition) is 2. The zero-order chi connectivity index (χ0) is 16.3. The second kappa shape index (κ2) is 6.69. The van der Waals surface area contributed by atoms with E-state index in [9.17, 15) is 4.79 Å². The lowest BCUT2D eigenvalue weighted by Gasteiger charge is -2.38. The third kappa shape index (κ3) is 3.80. The predicted molar refractivity (Wildman–Crippen MR) is 88.8 cm³/mol. The van der Waals surface area contributed by atoms with Gasteiger partial charge in [0.25, 0.3) is 0 Å². The molecule has 122 valence electrons. The van der Waals surface area contributed by atoms with Crippen LogP contribution in [0, 0.1) is 0 Å². The smallest absolute Gasteiger partial charge is 0.220 e. The molecule has 0 saturated carbocycles. The molecule has 22 heavy (non-hydrogen) atoms. The number of nitrogens with two attached hydrogens (primary N) is 1. The molecule has 1 aliphatic rings. The van der Waals surface area contributed by atoms with Crippen molar-refractivity contribution in [1.29, 1.82) is 0 Å². The second-order valence-electron chi connectivity index (χ2n) is 6.73. The molecule has 0 radical (unpaired) electrons. The van der Waals surface area contributed by atoms with Crippen LogP contribution < -0.4 is 15.8 Å². The zero-order valence-electron chi connectivity index (χ0n) is 14.1. The van der Waals surface area contributed by atoms with Gasteiger partial charge in [-0.3, -0.25) is 4.79 Å². The summed E-state index contributed by atoms with van der Waals surface area (Å²) in [5.41, 5.74) is 8.11. The Labute approximate surface area is 133 Å². The molecule has 0 aromatic heterocycles. The van der Waals surface area contributed by atoms with Crippen LogP contribution in [0.2, 0.25) is 0 Å². The van der Waals surface area contributed by atoms with Crippen molar-refractivity contribution in [2.45, 2.75) is 71.1 Å². The summed E-state index contributed by atoms with van der Waals surface area (Å²) in [5.74, 6) is 0.919. The molecule has 1 aromatic rings. The Kier molecular flexibility index (Phi) is 5.12. The van der Waals surface area contributed by atoms with Crippen molar-refractivity contribution in [3.8, 4) is 5.75 Å². The minimum Gasteiger partial charge on any atom is -0.487 e. The molecule has 0 spiro atoms. The van der Waals surface area contributed by atoms with E-state index in [0.29, 0.717) is 6.42 Å². The Morgan fingerprint density at radius 3 is 2.82 bits per heavy atom. The number of hydrogen-bond acceptors (Lipinski definition) is 3. The first-order valence-electron chi connectivity index (χ1n) is 8.24. The number of carbonyl (C=O) groups is 1. The fourth-order valence-corrected chi connectivity index (χ4v) is 3.01. The van der Waals surface area contributed by atoms with Crippen LogP contribution in [0.4, 0.5) is 0 Å². The molecule has 4 nitrogen and oxygen atoms in total. The third-order valence-electron chi connectivity index (χ3n) is 4.18. The van der Waals surface area contributed by atoms with Gasteiger partial charge in [-0.15, -0.1) is 0 Å². The van der Waals surface area contributed by atoms with E-state index in [1.165, 1.54) is 0 Å². The first-order valence-corrected chi connectivity index (χ1v) is 8.24. The minimum absolute atomic E-state index is 0.0139. The van der Waals surface area contributed by atoms with Gasteiger partial charge < -0.3 is 15.8 Å². The Hall–Kier alpha value is -1.55. The van der Waals surface area contributed by atoms with Gasteiger partial charge in [-0.2, -0.15) is 0 Å². The molecular weight excluding hydrogens is 276 g/mol. The van der Waals surface area contributed by atoms with Crippen molar-refractivity contribution in [1.82, 2.24) is 5.32 Å². The average molecular weight is 304 g/mol. The number of rotatable bonds is 5. The van der Waals surface area contributed by atoms with Gasteiger partial charge >= 0.3 is 0 Å². The fraction of sp³-hybridized carbons (Fsp3) is 0.611. The Bertz CT molecular complexity index is 540. The quantitative estimate of drug-likeness (QED) is 0.873. The Morgan fingerprint density at radius 2 is 2.18 bits per heavy atom. The number of carbonyl (C=O) groups excluding carboxylic acids is 1. The van der Waals surface area contributed by atoms with E-state index in [1.807, 2.05) is 19.1 Å². The normalized spacial score (nSPS) is 20.7. The van der Waals surface area contributed by atoms with Crippen LogP contribution in [0.25, 0.3) is 0 Å². The topological polar surface area (TPSA) is 64.3 Å². The lowest BCUT2D eigenvalue weighted by molar-refractivity contribution is -0.122. The number of benzene rings is 1. The third-order valence-corrected chi connectivity index (χ3v) is 4.18. The van der Waals surface area contributed by atoms with E-state index in [2.05, 4.69) is 32.2 Å². The van der Waals surface area contributed by atoms with Crippen molar-refractivity contribution in [3.05, 3.63) is 29.3 Å². The fourth-order valence-electron chi connectivity index (χ4n) is 3.01. The molecule has 4 heteroatoms. The maximum Gasteiger partial charge on any atom is 0.220 e. The van der Waals surface area contributed by atoms with Crippen molar-refractivity contribution in [2.75, 3.05) is 0 Å². The molecule has 2 atom stereocenters. The lowest BCUT2D eigenvalue weighted by Crippen LogP contribution is -2.41. The first kappa shape index (κ1) is 16.8. The highest BCUT2D eigenvalue weighted by molar-refractivity contribution is 5.76. The molecule has 3 N–H and O–H groups in total. The first-order chi connectivity index (χ1) is 10.4. The second-order valence-corrected chi connectivity index (χ2v) is 6.73. The monoisotopic (exact) mass is 304 g/mol. The summed E-state index contributed by atoms with van der Waals surface area (Å²) in [4.78, 5) is 11.8. The maximum absolute atomic E-state index is 11.8. The summed E-state index contributed by atoms with van der Waals surface area (Å²) in [6.07, 6.45) is 3.26. The van der Waals surface area contributed by atoms with Gasteiger partial charge in [0.1, 0.15) is 11.4 Å². The maximum atomic E-state index is 11.8. The molecule has 1 heterocycles. The van der Waals surface area contributed by atoms with Crippen molar-refractivity contribution in [3.63, 3.8) is 0 Å². The van der Waals surface area contributed by atoms with Crippen LogP contribution in [0.3, 0.4) is 0 Å². The molecule has 0 fully saturated rings. The van der Waals surface area contributed by atoms with Gasteiger partial charge in [0, 0.05) is 24.4 Å². The summed E-state index contributed by atoms with van der Waals surface area (Å²) < 4.78 is 6.07. The molecule has 1 amide bonds. The SMILES string of the molecule is CCCC(N)c1ccc2c(c1)C(NC(=O)CC)CC(C)(C)O2. The predicted octanol–water partition coefficient (Wildman–Crippen LogP) is 3.61. The average Bonchev–Trinajstić information content (AvgIpc) is 2.45. The Morgan fingerprint density at radius 1 is 1.45 bits per heavy atom. The zero-order valence-corrected chi connectivity index (χ0v) is 14.1. The van der Waals surface area contributed by atoms with Crippen LogP contribution >= 0.6 is 0 Å². The Balaban J connectivity index is 2.34. The number of amides is 1. The number of fused-ring (bicyclic) bond motifs is 1. The van der Waals surface area contributed by atoms with Gasteiger partial charge in [-0.1, -0.05) is 26.3 Å². The molecule has 0 bridgehead atoms. The van der Waals surface area contributed by atoms with Crippen LogP contribution in [-0.2, 0) is 4.79 Å². The largest absolute Gasteiger partial charge is 0.487 e. The van der Waals surface area contributed by atoms with Crippen LogP contribution in [0.1, 0.15) is 76.6 Å². The van der Waals surface area contributed by atoms with Crippen LogP contribution in [-0.4, -0.2) is 11.5 Å². The van der Waals surface area contributed by atoms with Gasteiger partial charge in [0.05, 0.1) is 6.04 Å². The van der Waals surface area contributed by atoms with Crippen LogP contribution in [0.15, 0.2) is 18.2 Å². The summed E-state index contributed by atoms with van der Waals surface area (Å²) in [6, 6.07) is 6.16. The molecule has 0 saturated heterocycles. The molecule has 1 aliphatic heterocycles. The summed E-state index contributed by atoms with van der Waals surface area (Å²) in [5, 5.41) is 3.12. The molecule has 2 rings (SSSR count). The summed E-state index contributed by atoms with van der Waals surface area (Å²) in [6.45, 7) is 8.11. The number of ether oxygens (including phenoxy) is 1. The van der Waals surface area contributed by atoms with Gasteiger partial charge in [-0.25, -0.2) is 0 Å². The van der Waals surface area contributed by atoms with Gasteiger partial charge in [0.15, 0.2) is 0 Å². The van der Waals surface area contributed by atoms with E-state index in [0.717, 1.165) is 36.1 Å². The van der Waals surface area contributed by atoms with Gasteiger partial charge in [0.2, 0.25) is 5.91 Å². The van der Waals surface area contributed by atoms with Gasteiger partial charge in [-0.05, 0) is 38.0 Å². The number of nitrogens with one attached hydrogen (secondary N) is 1. The highest BCUT2D eigenvalue weighted by atomic mass is 16.5. The van der Waals surface area contributed by atoms with Crippen molar-refractivity contribution < 1.29 is 9.53 Å².